The van der Waals surface area contributed by atoms with Crippen LogP contribution >= 0.6 is 11.6 Å². The standard InChI is InChI=1S/C23H21ClN6O3/c1-29-8-9-30(13-21(29)31)23(33)14-3-6-17(7-4-14)26-12-20(28-25)18-10-15-2-5-16(24)11-19(15)27-22(18)32/h2-7,10-12H,8-9,13,25H2,1H3,(H,27,32). The van der Waals surface area contributed by atoms with E-state index >= 15 is 0 Å². The van der Waals surface area contributed by atoms with Crippen molar-refractivity contribution in [3.8, 4) is 0 Å². The number of fused-ring (bicyclic) bond motifs is 1. The van der Waals surface area contributed by atoms with Gasteiger partial charge >= 0.3 is 0 Å². The highest BCUT2D eigenvalue weighted by Crippen LogP contribution is 2.18. The van der Waals surface area contributed by atoms with Gasteiger partial charge in [-0.3, -0.25) is 19.4 Å². The van der Waals surface area contributed by atoms with E-state index in [1.807, 2.05) is 0 Å². The Balaban J connectivity index is 1.51. The van der Waals surface area contributed by atoms with Gasteiger partial charge in [-0.25, -0.2) is 0 Å². The van der Waals surface area contributed by atoms with Gasteiger partial charge in [0.25, 0.3) is 11.5 Å². The van der Waals surface area contributed by atoms with E-state index in [2.05, 4.69) is 15.1 Å². The molecule has 0 saturated carbocycles. The summed E-state index contributed by atoms with van der Waals surface area (Å²) in [6, 6.07) is 13.5. The van der Waals surface area contributed by atoms with Gasteiger partial charge in [-0.15, -0.1) is 0 Å². The molecule has 9 nitrogen and oxygen atoms in total. The second kappa shape index (κ2) is 9.25. The number of aromatic nitrogens is 1. The molecule has 1 aliphatic rings. The molecule has 168 valence electrons. The van der Waals surface area contributed by atoms with Crippen molar-refractivity contribution in [3.63, 3.8) is 0 Å². The SMILES string of the molecule is CN1CCN(C(=O)c2ccc(N=CC(=NN)c3cc4ccc(Cl)cc4[nH]c3=O)cc2)CC1=O. The highest BCUT2D eigenvalue weighted by molar-refractivity contribution is 6.38. The van der Waals surface area contributed by atoms with Crippen LogP contribution in [0.5, 0.6) is 0 Å². The van der Waals surface area contributed by atoms with Crippen LogP contribution in [0.2, 0.25) is 5.02 Å². The number of benzene rings is 2. The number of rotatable bonds is 4. The van der Waals surface area contributed by atoms with Gasteiger partial charge in [0.15, 0.2) is 0 Å². The zero-order chi connectivity index (χ0) is 23.5. The molecule has 1 aliphatic heterocycles. The monoisotopic (exact) mass is 464 g/mol. The number of piperazine rings is 1. The van der Waals surface area contributed by atoms with Crippen LogP contribution in [0.1, 0.15) is 15.9 Å². The molecular weight excluding hydrogens is 444 g/mol. The van der Waals surface area contributed by atoms with E-state index in [0.717, 1.165) is 5.39 Å². The maximum Gasteiger partial charge on any atom is 0.258 e. The summed E-state index contributed by atoms with van der Waals surface area (Å²) in [4.78, 5) is 47.2. The van der Waals surface area contributed by atoms with E-state index in [0.29, 0.717) is 34.9 Å². The van der Waals surface area contributed by atoms with E-state index < -0.39 is 0 Å². The fourth-order valence-electron chi connectivity index (χ4n) is 3.48. The number of likely N-dealkylation sites (N-methyl/N-ethyl adjacent to an activating group) is 1. The minimum atomic E-state index is -0.372. The van der Waals surface area contributed by atoms with Gasteiger partial charge in [0.05, 0.1) is 17.5 Å². The minimum absolute atomic E-state index is 0.0675. The first-order valence-corrected chi connectivity index (χ1v) is 10.5. The van der Waals surface area contributed by atoms with Gasteiger partial charge < -0.3 is 20.6 Å². The lowest BCUT2D eigenvalue weighted by Gasteiger charge is -2.32. The molecule has 1 saturated heterocycles. The van der Waals surface area contributed by atoms with Crippen molar-refractivity contribution in [3.05, 3.63) is 75.0 Å². The highest BCUT2D eigenvalue weighted by Gasteiger charge is 2.25. The van der Waals surface area contributed by atoms with E-state index in [-0.39, 0.29) is 35.2 Å². The summed E-state index contributed by atoms with van der Waals surface area (Å²) in [6.45, 7) is 1.07. The molecule has 10 heteroatoms. The molecule has 0 unspecified atom stereocenters. The Morgan fingerprint density at radius 3 is 2.58 bits per heavy atom. The van der Waals surface area contributed by atoms with Crippen molar-refractivity contribution in [1.82, 2.24) is 14.8 Å². The average molecular weight is 465 g/mol. The molecule has 0 spiro atoms. The first kappa shape index (κ1) is 22.2. The summed E-state index contributed by atoms with van der Waals surface area (Å²) in [5.41, 5.74) is 1.71. The third-order valence-corrected chi connectivity index (χ3v) is 5.65. The summed E-state index contributed by atoms with van der Waals surface area (Å²) in [5.74, 6) is 5.22. The highest BCUT2D eigenvalue weighted by atomic mass is 35.5. The van der Waals surface area contributed by atoms with Crippen molar-refractivity contribution in [2.75, 3.05) is 26.7 Å². The maximum absolute atomic E-state index is 12.7. The van der Waals surface area contributed by atoms with E-state index in [1.54, 1.807) is 60.5 Å². The van der Waals surface area contributed by atoms with Gasteiger partial charge in [-0.05, 0) is 47.9 Å². The minimum Gasteiger partial charge on any atom is -0.342 e. The van der Waals surface area contributed by atoms with Crippen molar-refractivity contribution in [2.45, 2.75) is 0 Å². The molecule has 33 heavy (non-hydrogen) atoms. The van der Waals surface area contributed by atoms with Gasteiger partial charge in [0.1, 0.15) is 12.3 Å². The van der Waals surface area contributed by atoms with Crippen LogP contribution in [-0.2, 0) is 4.79 Å². The van der Waals surface area contributed by atoms with Gasteiger partial charge in [-0.2, -0.15) is 5.10 Å². The summed E-state index contributed by atoms with van der Waals surface area (Å²) < 4.78 is 0. The fourth-order valence-corrected chi connectivity index (χ4v) is 3.65. The number of hydrazone groups is 1. The molecule has 3 N–H and O–H groups in total. The summed E-state index contributed by atoms with van der Waals surface area (Å²) >= 11 is 5.98. The number of amides is 2. The van der Waals surface area contributed by atoms with Gasteiger partial charge in [-0.1, -0.05) is 17.7 Å². The number of H-pyrrole nitrogens is 1. The van der Waals surface area contributed by atoms with Crippen LogP contribution in [0, 0.1) is 0 Å². The van der Waals surface area contributed by atoms with Crippen LogP contribution < -0.4 is 11.4 Å². The normalized spacial score (nSPS) is 15.0. The Hall–Kier alpha value is -3.98. The smallest absolute Gasteiger partial charge is 0.258 e. The first-order chi connectivity index (χ1) is 15.9. The number of nitrogens with two attached hydrogens (primary N) is 1. The molecule has 2 aromatic carbocycles. The van der Waals surface area contributed by atoms with Gasteiger partial charge in [0, 0.05) is 36.2 Å². The predicted octanol–water partition coefficient (Wildman–Crippen LogP) is 2.16. The molecule has 2 amide bonds. The average Bonchev–Trinajstić information content (AvgIpc) is 2.81. The molecule has 0 aliphatic carbocycles. The topological polar surface area (TPSA) is 124 Å². The molecule has 1 fully saturated rings. The summed E-state index contributed by atoms with van der Waals surface area (Å²) in [7, 11) is 1.72. The fraction of sp³-hybridized carbons (Fsp3) is 0.174. The van der Waals surface area contributed by atoms with Crippen LogP contribution in [0.25, 0.3) is 10.9 Å². The summed E-state index contributed by atoms with van der Waals surface area (Å²) in [5, 5.41) is 4.99. The molecule has 3 aromatic rings. The van der Waals surface area contributed by atoms with Crippen LogP contribution in [0.3, 0.4) is 0 Å². The van der Waals surface area contributed by atoms with Crippen LogP contribution in [0.15, 0.2) is 63.4 Å². The Bertz CT molecular complexity index is 1350. The first-order valence-electron chi connectivity index (χ1n) is 10.1. The number of aromatic amines is 1. The molecule has 2 heterocycles. The summed E-state index contributed by atoms with van der Waals surface area (Å²) in [6.07, 6.45) is 1.39. The number of carbonyl (C=O) groups excluding carboxylic acids is 2. The number of hydrogen-bond acceptors (Lipinski definition) is 6. The third-order valence-electron chi connectivity index (χ3n) is 5.42. The van der Waals surface area contributed by atoms with Crippen LogP contribution in [0.4, 0.5) is 5.69 Å². The number of halogens is 1. The number of pyridine rings is 1. The Labute approximate surface area is 194 Å². The quantitative estimate of drug-likeness (QED) is 0.348. The predicted molar refractivity (Wildman–Crippen MR) is 128 cm³/mol. The molecule has 0 atom stereocenters. The number of nitrogens with zero attached hydrogens (tertiary/aromatic N) is 4. The Morgan fingerprint density at radius 1 is 1.12 bits per heavy atom. The van der Waals surface area contributed by atoms with E-state index in [9.17, 15) is 14.4 Å². The van der Waals surface area contributed by atoms with E-state index in [4.69, 9.17) is 17.4 Å². The molecular formula is C23H21ClN6O3. The largest absolute Gasteiger partial charge is 0.342 e. The molecule has 0 bridgehead atoms. The van der Waals surface area contributed by atoms with Crippen molar-refractivity contribution >= 4 is 51.9 Å². The second-order valence-electron chi connectivity index (χ2n) is 7.61. The zero-order valence-electron chi connectivity index (χ0n) is 17.8. The lowest BCUT2D eigenvalue weighted by Crippen LogP contribution is -2.50. The van der Waals surface area contributed by atoms with Gasteiger partial charge in [0.2, 0.25) is 5.91 Å². The van der Waals surface area contributed by atoms with Crippen molar-refractivity contribution in [1.29, 1.82) is 0 Å². The second-order valence-corrected chi connectivity index (χ2v) is 8.04. The van der Waals surface area contributed by atoms with Crippen molar-refractivity contribution < 1.29 is 9.59 Å². The number of aliphatic imine (C=N–C) groups is 1. The lowest BCUT2D eigenvalue weighted by molar-refractivity contribution is -0.133. The lowest BCUT2D eigenvalue weighted by atomic mass is 10.1. The molecule has 1 aromatic heterocycles. The number of carbonyl (C=O) groups is 2. The maximum atomic E-state index is 12.7. The van der Waals surface area contributed by atoms with E-state index in [1.165, 1.54) is 11.1 Å². The Kier molecular flexibility index (Phi) is 6.23. The number of nitrogens with one attached hydrogen (secondary N) is 1. The third kappa shape index (κ3) is 4.78. The number of hydrogen-bond donors (Lipinski definition) is 2. The zero-order valence-corrected chi connectivity index (χ0v) is 18.5. The molecule has 4 rings (SSSR count). The molecule has 0 radical (unpaired) electrons. The van der Waals surface area contributed by atoms with Crippen LogP contribution in [-0.4, -0.2) is 65.2 Å². The van der Waals surface area contributed by atoms with Crippen molar-refractivity contribution in [2.24, 2.45) is 15.9 Å². The Morgan fingerprint density at radius 2 is 1.88 bits per heavy atom.